The number of likely N-dealkylation sites (N-methyl/N-ethyl adjacent to an activating group) is 1. The SMILES string of the molecule is CN(C)CC(=O)N1CCCC1CCCO. The van der Waals surface area contributed by atoms with Gasteiger partial charge in [-0.3, -0.25) is 4.79 Å². The van der Waals surface area contributed by atoms with E-state index in [1.54, 1.807) is 0 Å². The lowest BCUT2D eigenvalue weighted by Crippen LogP contribution is -2.40. The highest BCUT2D eigenvalue weighted by molar-refractivity contribution is 5.78. The Hall–Kier alpha value is -0.610. The molecule has 1 N–H and O–H groups in total. The number of amides is 1. The minimum atomic E-state index is 0.223. The topological polar surface area (TPSA) is 43.8 Å². The largest absolute Gasteiger partial charge is 0.396 e. The van der Waals surface area contributed by atoms with Crippen LogP contribution in [0.5, 0.6) is 0 Å². The monoisotopic (exact) mass is 214 g/mol. The van der Waals surface area contributed by atoms with Gasteiger partial charge in [0, 0.05) is 19.2 Å². The van der Waals surface area contributed by atoms with Gasteiger partial charge in [0.05, 0.1) is 6.54 Å². The molecular weight excluding hydrogens is 192 g/mol. The van der Waals surface area contributed by atoms with Crippen molar-refractivity contribution in [3.63, 3.8) is 0 Å². The van der Waals surface area contributed by atoms with E-state index < -0.39 is 0 Å². The van der Waals surface area contributed by atoms with Crippen molar-refractivity contribution in [3.05, 3.63) is 0 Å². The number of carbonyl (C=O) groups is 1. The molecule has 0 radical (unpaired) electrons. The molecule has 1 aliphatic heterocycles. The molecule has 4 nitrogen and oxygen atoms in total. The van der Waals surface area contributed by atoms with Crippen LogP contribution in [0.1, 0.15) is 25.7 Å². The van der Waals surface area contributed by atoms with Crippen LogP contribution >= 0.6 is 0 Å². The van der Waals surface area contributed by atoms with Crippen molar-refractivity contribution in [3.8, 4) is 0 Å². The molecule has 1 saturated heterocycles. The van der Waals surface area contributed by atoms with Gasteiger partial charge in [0.2, 0.25) is 5.91 Å². The average molecular weight is 214 g/mol. The van der Waals surface area contributed by atoms with Crippen LogP contribution in [0.4, 0.5) is 0 Å². The van der Waals surface area contributed by atoms with Gasteiger partial charge in [-0.1, -0.05) is 0 Å². The van der Waals surface area contributed by atoms with Crippen molar-refractivity contribution in [2.75, 3.05) is 33.8 Å². The number of likely N-dealkylation sites (tertiary alicyclic amines) is 1. The maximum atomic E-state index is 11.9. The summed E-state index contributed by atoms with van der Waals surface area (Å²) in [7, 11) is 3.83. The van der Waals surface area contributed by atoms with Crippen molar-refractivity contribution in [1.29, 1.82) is 0 Å². The number of rotatable bonds is 5. The highest BCUT2D eigenvalue weighted by Gasteiger charge is 2.27. The summed E-state index contributed by atoms with van der Waals surface area (Å²) in [5, 5.41) is 8.79. The number of aliphatic hydroxyl groups is 1. The molecule has 0 bridgehead atoms. The summed E-state index contributed by atoms with van der Waals surface area (Å²) in [4.78, 5) is 15.7. The van der Waals surface area contributed by atoms with E-state index in [0.29, 0.717) is 12.6 Å². The van der Waals surface area contributed by atoms with Crippen molar-refractivity contribution >= 4 is 5.91 Å². The van der Waals surface area contributed by atoms with Crippen LogP contribution in [-0.4, -0.2) is 60.6 Å². The van der Waals surface area contributed by atoms with Crippen molar-refractivity contribution in [1.82, 2.24) is 9.80 Å². The van der Waals surface area contributed by atoms with E-state index in [0.717, 1.165) is 32.2 Å². The average Bonchev–Trinajstić information content (AvgIpc) is 2.61. The number of nitrogens with zero attached hydrogens (tertiary/aromatic N) is 2. The fourth-order valence-electron chi connectivity index (χ4n) is 2.15. The lowest BCUT2D eigenvalue weighted by Gasteiger charge is -2.26. The Bertz CT molecular complexity index is 207. The first kappa shape index (κ1) is 12.5. The van der Waals surface area contributed by atoms with Gasteiger partial charge in [0.1, 0.15) is 0 Å². The summed E-state index contributed by atoms with van der Waals surface area (Å²) >= 11 is 0. The first-order valence-electron chi connectivity index (χ1n) is 5.70. The third-order valence-electron chi connectivity index (χ3n) is 2.84. The van der Waals surface area contributed by atoms with Gasteiger partial charge in [-0.2, -0.15) is 0 Å². The molecule has 15 heavy (non-hydrogen) atoms. The highest BCUT2D eigenvalue weighted by atomic mass is 16.3. The molecule has 1 aliphatic rings. The molecule has 4 heteroatoms. The standard InChI is InChI=1S/C11H22N2O2/c1-12(2)9-11(15)13-7-3-5-10(13)6-4-8-14/h10,14H,3-9H2,1-2H3. The Labute approximate surface area is 91.9 Å². The summed E-state index contributed by atoms with van der Waals surface area (Å²) < 4.78 is 0. The van der Waals surface area contributed by atoms with Gasteiger partial charge in [-0.05, 0) is 39.8 Å². The Balaban J connectivity index is 2.41. The second-order valence-corrected chi connectivity index (χ2v) is 4.49. The maximum Gasteiger partial charge on any atom is 0.236 e. The Morgan fingerprint density at radius 2 is 2.27 bits per heavy atom. The van der Waals surface area contributed by atoms with Crippen molar-refractivity contribution in [2.45, 2.75) is 31.7 Å². The summed E-state index contributed by atoms with van der Waals surface area (Å²) in [5.74, 6) is 0.223. The Kier molecular flexibility index (Phi) is 5.05. The summed E-state index contributed by atoms with van der Waals surface area (Å²) in [5.41, 5.74) is 0. The molecule has 0 aromatic heterocycles. The maximum absolute atomic E-state index is 11.9. The number of aliphatic hydroxyl groups excluding tert-OH is 1. The Morgan fingerprint density at radius 1 is 1.53 bits per heavy atom. The lowest BCUT2D eigenvalue weighted by molar-refractivity contribution is -0.132. The molecule has 1 amide bonds. The van der Waals surface area contributed by atoms with E-state index in [1.165, 1.54) is 0 Å². The van der Waals surface area contributed by atoms with Crippen LogP contribution in [0.2, 0.25) is 0 Å². The second-order valence-electron chi connectivity index (χ2n) is 4.49. The molecule has 0 saturated carbocycles. The predicted octanol–water partition coefficient (Wildman–Crippen LogP) is 0.311. The zero-order valence-corrected chi connectivity index (χ0v) is 9.78. The van der Waals surface area contributed by atoms with Gasteiger partial charge in [0.25, 0.3) is 0 Å². The molecule has 1 atom stereocenters. The van der Waals surface area contributed by atoms with E-state index >= 15 is 0 Å². The number of hydrogen-bond acceptors (Lipinski definition) is 3. The van der Waals surface area contributed by atoms with Crippen LogP contribution in [0.15, 0.2) is 0 Å². The first-order valence-corrected chi connectivity index (χ1v) is 5.70. The van der Waals surface area contributed by atoms with Crippen LogP contribution in [0.25, 0.3) is 0 Å². The highest BCUT2D eigenvalue weighted by Crippen LogP contribution is 2.21. The molecular formula is C11H22N2O2. The molecule has 88 valence electrons. The van der Waals surface area contributed by atoms with Gasteiger partial charge in [-0.25, -0.2) is 0 Å². The molecule has 1 unspecified atom stereocenters. The van der Waals surface area contributed by atoms with Crippen LogP contribution < -0.4 is 0 Å². The van der Waals surface area contributed by atoms with E-state index in [9.17, 15) is 4.79 Å². The zero-order chi connectivity index (χ0) is 11.3. The number of carbonyl (C=O) groups excluding carboxylic acids is 1. The second kappa shape index (κ2) is 6.08. The van der Waals surface area contributed by atoms with Crippen LogP contribution in [-0.2, 0) is 4.79 Å². The summed E-state index contributed by atoms with van der Waals surface area (Å²) in [6.45, 7) is 1.62. The van der Waals surface area contributed by atoms with Gasteiger partial charge in [-0.15, -0.1) is 0 Å². The fraction of sp³-hybridized carbons (Fsp3) is 0.909. The Morgan fingerprint density at radius 3 is 2.87 bits per heavy atom. The van der Waals surface area contributed by atoms with E-state index in [1.807, 2.05) is 23.9 Å². The van der Waals surface area contributed by atoms with Crippen molar-refractivity contribution in [2.24, 2.45) is 0 Å². The van der Waals surface area contributed by atoms with Crippen LogP contribution in [0.3, 0.4) is 0 Å². The predicted molar refractivity (Wildman–Crippen MR) is 59.6 cm³/mol. The van der Waals surface area contributed by atoms with Gasteiger partial charge >= 0.3 is 0 Å². The molecule has 1 heterocycles. The van der Waals surface area contributed by atoms with E-state index in [2.05, 4.69) is 0 Å². The molecule has 0 spiro atoms. The fourth-order valence-corrected chi connectivity index (χ4v) is 2.15. The first-order chi connectivity index (χ1) is 7.15. The molecule has 0 aliphatic carbocycles. The van der Waals surface area contributed by atoms with Gasteiger partial charge < -0.3 is 14.9 Å². The van der Waals surface area contributed by atoms with Crippen LogP contribution in [0, 0.1) is 0 Å². The van der Waals surface area contributed by atoms with Crippen molar-refractivity contribution < 1.29 is 9.90 Å². The molecule has 1 fully saturated rings. The summed E-state index contributed by atoms with van der Waals surface area (Å²) in [6, 6.07) is 0.365. The summed E-state index contributed by atoms with van der Waals surface area (Å²) in [6.07, 6.45) is 3.94. The lowest BCUT2D eigenvalue weighted by atomic mass is 10.1. The van der Waals surface area contributed by atoms with E-state index in [-0.39, 0.29) is 12.5 Å². The molecule has 1 rings (SSSR count). The quantitative estimate of drug-likeness (QED) is 0.716. The third kappa shape index (κ3) is 3.80. The molecule has 0 aromatic carbocycles. The normalized spacial score (nSPS) is 21.3. The smallest absolute Gasteiger partial charge is 0.236 e. The molecule has 0 aromatic rings. The number of hydrogen-bond donors (Lipinski definition) is 1. The zero-order valence-electron chi connectivity index (χ0n) is 9.78. The minimum Gasteiger partial charge on any atom is -0.396 e. The third-order valence-corrected chi connectivity index (χ3v) is 2.84. The van der Waals surface area contributed by atoms with E-state index in [4.69, 9.17) is 5.11 Å². The van der Waals surface area contributed by atoms with Gasteiger partial charge in [0.15, 0.2) is 0 Å². The minimum absolute atomic E-state index is 0.223.